The summed E-state index contributed by atoms with van der Waals surface area (Å²) in [6.45, 7) is 1.16. The molecule has 2 aromatic rings. The number of rotatable bonds is 6. The molecule has 0 bridgehead atoms. The number of aromatic carboxylic acids is 1. The minimum atomic E-state index is -1.17. The minimum Gasteiger partial charge on any atom is -0.476 e. The van der Waals surface area contributed by atoms with Gasteiger partial charge in [-0.15, -0.1) is 5.10 Å². The number of nitrogens with one attached hydrogen (secondary N) is 1. The van der Waals surface area contributed by atoms with Crippen LogP contribution in [-0.2, 0) is 16.1 Å². The maximum absolute atomic E-state index is 12.1. The van der Waals surface area contributed by atoms with Crippen molar-refractivity contribution >= 4 is 11.9 Å². The van der Waals surface area contributed by atoms with Gasteiger partial charge in [-0.2, -0.15) is 0 Å². The number of carboxylic acids is 1. The van der Waals surface area contributed by atoms with Gasteiger partial charge in [0.25, 0.3) is 0 Å². The number of ether oxygens (including phenoxy) is 1. The van der Waals surface area contributed by atoms with Gasteiger partial charge in [0.2, 0.25) is 5.91 Å². The number of carboxylic acid groups (broad SMARTS) is 1. The molecule has 0 spiro atoms. The van der Waals surface area contributed by atoms with Crippen molar-refractivity contribution in [2.45, 2.75) is 25.5 Å². The van der Waals surface area contributed by atoms with Crippen LogP contribution >= 0.6 is 0 Å². The summed E-state index contributed by atoms with van der Waals surface area (Å²) in [6, 6.07) is 10.00. The van der Waals surface area contributed by atoms with E-state index in [1.165, 1.54) is 10.9 Å². The van der Waals surface area contributed by atoms with Crippen LogP contribution < -0.4 is 5.32 Å². The Morgan fingerprint density at radius 2 is 2.12 bits per heavy atom. The van der Waals surface area contributed by atoms with Crippen molar-refractivity contribution in [1.29, 1.82) is 0 Å². The Morgan fingerprint density at radius 1 is 1.32 bits per heavy atom. The molecule has 1 aromatic heterocycles. The summed E-state index contributed by atoms with van der Waals surface area (Å²) in [4.78, 5) is 22.9. The highest BCUT2D eigenvalue weighted by Gasteiger charge is 2.27. The normalized spacial score (nSPS) is 20.2. The second kappa shape index (κ2) is 7.89. The molecule has 0 radical (unpaired) electrons. The monoisotopic (exact) mass is 344 g/mol. The van der Waals surface area contributed by atoms with Crippen molar-refractivity contribution < 1.29 is 19.4 Å². The second-order valence-corrected chi connectivity index (χ2v) is 6.01. The molecule has 132 valence electrons. The molecular formula is C17H20N4O4. The highest BCUT2D eigenvalue weighted by atomic mass is 16.5. The number of benzene rings is 1. The number of aromatic nitrogens is 3. The number of carbonyl (C=O) groups is 2. The maximum atomic E-state index is 12.1. The largest absolute Gasteiger partial charge is 0.476 e. The molecule has 2 N–H and O–H groups in total. The molecular weight excluding hydrogens is 324 g/mol. The van der Waals surface area contributed by atoms with Crippen molar-refractivity contribution in [2.24, 2.45) is 5.92 Å². The van der Waals surface area contributed by atoms with Crippen molar-refractivity contribution in [3.05, 3.63) is 47.8 Å². The molecule has 2 atom stereocenters. The van der Waals surface area contributed by atoms with Crippen LogP contribution in [0.4, 0.5) is 0 Å². The lowest BCUT2D eigenvalue weighted by Crippen LogP contribution is -2.36. The first kappa shape index (κ1) is 17.1. The van der Waals surface area contributed by atoms with E-state index in [0.29, 0.717) is 6.54 Å². The first-order chi connectivity index (χ1) is 12.1. The molecule has 1 aliphatic heterocycles. The SMILES string of the molecule is O=C(Cn1cc(C(=O)O)nn1)NCC1CCCOC1c1ccccc1. The third-order valence-electron chi connectivity index (χ3n) is 4.20. The quantitative estimate of drug-likeness (QED) is 0.817. The lowest BCUT2D eigenvalue weighted by Gasteiger charge is -2.32. The number of nitrogens with zero attached hydrogens (tertiary/aromatic N) is 3. The molecule has 1 amide bonds. The van der Waals surface area contributed by atoms with Crippen LogP contribution in [-0.4, -0.2) is 45.1 Å². The van der Waals surface area contributed by atoms with Crippen molar-refractivity contribution in [1.82, 2.24) is 20.3 Å². The maximum Gasteiger partial charge on any atom is 0.358 e. The van der Waals surface area contributed by atoms with E-state index in [9.17, 15) is 9.59 Å². The predicted octanol–water partition coefficient (Wildman–Crippen LogP) is 1.26. The van der Waals surface area contributed by atoms with Gasteiger partial charge in [-0.05, 0) is 18.4 Å². The Hall–Kier alpha value is -2.74. The topological polar surface area (TPSA) is 106 Å². The van der Waals surface area contributed by atoms with Gasteiger partial charge >= 0.3 is 5.97 Å². The van der Waals surface area contributed by atoms with Gasteiger partial charge in [0.1, 0.15) is 6.54 Å². The van der Waals surface area contributed by atoms with Gasteiger partial charge in [0, 0.05) is 19.1 Å². The summed E-state index contributed by atoms with van der Waals surface area (Å²) in [5.74, 6) is -1.21. The van der Waals surface area contributed by atoms with Gasteiger partial charge in [0.05, 0.1) is 12.3 Å². The summed E-state index contributed by atoms with van der Waals surface area (Å²) in [7, 11) is 0. The lowest BCUT2D eigenvalue weighted by atomic mass is 9.89. The fourth-order valence-electron chi connectivity index (χ4n) is 2.99. The van der Waals surface area contributed by atoms with E-state index in [2.05, 4.69) is 15.6 Å². The lowest BCUT2D eigenvalue weighted by molar-refractivity contribution is -0.122. The Balaban J connectivity index is 1.55. The molecule has 8 nitrogen and oxygen atoms in total. The van der Waals surface area contributed by atoms with E-state index in [0.717, 1.165) is 25.0 Å². The van der Waals surface area contributed by atoms with Crippen LogP contribution in [0.5, 0.6) is 0 Å². The molecule has 0 aliphatic carbocycles. The minimum absolute atomic E-state index is 0.0276. The van der Waals surface area contributed by atoms with Gasteiger partial charge in [0.15, 0.2) is 5.69 Å². The van der Waals surface area contributed by atoms with Crippen molar-refractivity contribution in [3.63, 3.8) is 0 Å². The van der Waals surface area contributed by atoms with E-state index >= 15 is 0 Å². The van der Waals surface area contributed by atoms with Crippen LogP contribution in [0, 0.1) is 5.92 Å². The van der Waals surface area contributed by atoms with E-state index < -0.39 is 5.97 Å². The predicted molar refractivity (Wildman–Crippen MR) is 87.9 cm³/mol. The zero-order chi connectivity index (χ0) is 17.6. The van der Waals surface area contributed by atoms with Crippen LogP contribution in [0.15, 0.2) is 36.5 Å². The molecule has 3 rings (SSSR count). The fourth-order valence-corrected chi connectivity index (χ4v) is 2.99. The third kappa shape index (κ3) is 4.42. The summed E-state index contributed by atoms with van der Waals surface area (Å²) < 4.78 is 7.13. The summed E-state index contributed by atoms with van der Waals surface area (Å²) in [6.07, 6.45) is 3.15. The van der Waals surface area contributed by atoms with Crippen LogP contribution in [0.2, 0.25) is 0 Å². The number of hydrogen-bond donors (Lipinski definition) is 2. The van der Waals surface area contributed by atoms with Crippen molar-refractivity contribution in [3.8, 4) is 0 Å². The average molecular weight is 344 g/mol. The highest BCUT2D eigenvalue weighted by molar-refractivity contribution is 5.84. The molecule has 8 heteroatoms. The molecule has 1 aliphatic rings. The van der Waals surface area contributed by atoms with Crippen LogP contribution in [0.25, 0.3) is 0 Å². The highest BCUT2D eigenvalue weighted by Crippen LogP contribution is 2.32. The van der Waals surface area contributed by atoms with Gasteiger partial charge in [-0.3, -0.25) is 4.79 Å². The first-order valence-corrected chi connectivity index (χ1v) is 8.20. The van der Waals surface area contributed by atoms with E-state index in [1.807, 2.05) is 30.3 Å². The molecule has 1 saturated heterocycles. The molecule has 1 fully saturated rings. The molecule has 0 saturated carbocycles. The zero-order valence-corrected chi connectivity index (χ0v) is 13.7. The van der Waals surface area contributed by atoms with Gasteiger partial charge in [-0.25, -0.2) is 9.48 Å². The Kier molecular flexibility index (Phi) is 5.39. The molecule has 2 unspecified atom stereocenters. The van der Waals surface area contributed by atoms with Crippen LogP contribution in [0.3, 0.4) is 0 Å². The van der Waals surface area contributed by atoms with E-state index in [-0.39, 0.29) is 30.2 Å². The smallest absolute Gasteiger partial charge is 0.358 e. The average Bonchev–Trinajstić information content (AvgIpc) is 3.10. The third-order valence-corrected chi connectivity index (χ3v) is 4.20. The zero-order valence-electron chi connectivity index (χ0n) is 13.7. The Labute approximate surface area is 144 Å². The standard InChI is InChI=1S/C17H20N4O4/c22-15(11-21-10-14(17(23)24)19-20-21)18-9-13-7-4-8-25-16(13)12-5-2-1-3-6-12/h1-3,5-6,10,13,16H,4,7-9,11H2,(H,18,22)(H,23,24). The molecule has 25 heavy (non-hydrogen) atoms. The van der Waals surface area contributed by atoms with E-state index in [4.69, 9.17) is 9.84 Å². The van der Waals surface area contributed by atoms with E-state index in [1.54, 1.807) is 0 Å². The second-order valence-electron chi connectivity index (χ2n) is 6.01. The Bertz CT molecular complexity index is 731. The van der Waals surface area contributed by atoms with Gasteiger partial charge in [-0.1, -0.05) is 35.5 Å². The summed E-state index contributed by atoms with van der Waals surface area (Å²) in [5, 5.41) is 18.8. The number of hydrogen-bond acceptors (Lipinski definition) is 5. The molecule has 1 aromatic carbocycles. The molecule has 2 heterocycles. The Morgan fingerprint density at radius 3 is 2.84 bits per heavy atom. The summed E-state index contributed by atoms with van der Waals surface area (Å²) >= 11 is 0. The summed E-state index contributed by atoms with van der Waals surface area (Å²) in [5.41, 5.74) is 0.932. The van der Waals surface area contributed by atoms with Gasteiger partial charge < -0.3 is 15.2 Å². The number of carbonyl (C=O) groups excluding carboxylic acids is 1. The first-order valence-electron chi connectivity index (χ1n) is 8.20. The fraction of sp³-hybridized carbons (Fsp3) is 0.412. The van der Waals surface area contributed by atoms with Crippen molar-refractivity contribution in [2.75, 3.05) is 13.2 Å². The van der Waals surface area contributed by atoms with Crippen LogP contribution in [0.1, 0.15) is 35.0 Å². The number of amides is 1.